The molecule has 4 unspecified atom stereocenters. The second kappa shape index (κ2) is 32.3. The Morgan fingerprint density at radius 1 is 0.554 bits per heavy atom. The average Bonchev–Trinajstić information content (AvgIpc) is 2.50. The molecule has 0 aliphatic carbocycles. The second-order valence-electron chi connectivity index (χ2n) is 21.3. The van der Waals surface area contributed by atoms with Crippen LogP contribution in [0.4, 0.5) is 4.79 Å². The van der Waals surface area contributed by atoms with Crippen LogP contribution in [0.5, 0.6) is 0 Å². The molecule has 438 valence electrons. The number of nitrogens with one attached hydrogen (secondary N) is 5. The van der Waals surface area contributed by atoms with Crippen LogP contribution in [0.1, 0.15) is 100 Å². The van der Waals surface area contributed by atoms with Crippen LogP contribution in [0.3, 0.4) is 0 Å². The molecular weight excluding hydrogens is 1080 g/mol. The molecule has 0 aliphatic rings. The van der Waals surface area contributed by atoms with Crippen molar-refractivity contribution >= 4 is 59.2 Å². The number of rotatable bonds is 30. The fraction of sp³-hybridized carbons (Fsp3) is 0.343. The standard InChI is InChI=1S/C67H79N5O9S2/c1-48(2)60(63(78)69-46-59(75)80-6)72-62(77)57(47-83-67(52-35-19-10-20-36-52,53-37-21-11-22-38-53)54-39-23-12-24-40-54)71-61(76)56(42-25-27-43-68-64(79)81-65(3,4)5)70-58(74)45-55(73)41-26-28-44-82-66(49-29-13-7-14-30-49,50-31-15-8-16-32-50)51-33-17-9-18-34-51/h7-24,26,29-41,48,55-57,60,73H,25,27-28,42-47H2,1-6H3,(H,68,79)(H,69,78)(H,70,74)(H,71,76)(H,72,77). The number of esters is 1. The number of aliphatic hydroxyl groups is 1. The Morgan fingerprint density at radius 3 is 1.41 bits per heavy atom. The monoisotopic (exact) mass is 1160 g/mol. The molecule has 16 heteroatoms. The van der Waals surface area contributed by atoms with Gasteiger partial charge in [0, 0.05) is 12.3 Å². The third-order valence-electron chi connectivity index (χ3n) is 13.7. The van der Waals surface area contributed by atoms with Crippen LogP contribution in [0.15, 0.2) is 194 Å². The van der Waals surface area contributed by atoms with Crippen molar-refractivity contribution in [1.82, 2.24) is 26.6 Å². The van der Waals surface area contributed by atoms with Crippen molar-refractivity contribution < 1.29 is 43.3 Å². The SMILES string of the molecule is COC(=O)CNC(=O)C(NC(=O)C(CSC(c1ccccc1)(c1ccccc1)c1ccccc1)NC(=O)C(CCCCNC(=O)OC(C)(C)C)NC(=O)CC(O)C=CCCSC(c1ccccc1)(c1ccccc1)c1ccccc1)C(C)C. The summed E-state index contributed by atoms with van der Waals surface area (Å²) in [6.45, 7) is 8.58. The number of thioether (sulfide) groups is 2. The summed E-state index contributed by atoms with van der Waals surface area (Å²) in [5, 5.41) is 25.3. The Hall–Kier alpha value is -7.66. The van der Waals surface area contributed by atoms with Crippen molar-refractivity contribution in [2.24, 2.45) is 5.92 Å². The van der Waals surface area contributed by atoms with Gasteiger partial charge in [0.2, 0.25) is 23.6 Å². The van der Waals surface area contributed by atoms with E-state index >= 15 is 0 Å². The lowest BCUT2D eigenvalue weighted by Gasteiger charge is -2.37. The molecule has 0 saturated heterocycles. The van der Waals surface area contributed by atoms with Gasteiger partial charge in [-0.05, 0) is 91.5 Å². The number of methoxy groups -OCH3 is 1. The summed E-state index contributed by atoms with van der Waals surface area (Å²) in [5.41, 5.74) is 5.41. The van der Waals surface area contributed by atoms with Gasteiger partial charge >= 0.3 is 12.1 Å². The summed E-state index contributed by atoms with van der Waals surface area (Å²) in [4.78, 5) is 82.0. The van der Waals surface area contributed by atoms with Crippen LogP contribution in [0.2, 0.25) is 0 Å². The Balaban J connectivity index is 1.25. The van der Waals surface area contributed by atoms with Gasteiger partial charge in [0.25, 0.3) is 0 Å². The number of amides is 5. The predicted octanol–water partition coefficient (Wildman–Crippen LogP) is 10.2. The first-order valence-electron chi connectivity index (χ1n) is 28.1. The summed E-state index contributed by atoms with van der Waals surface area (Å²) in [6.07, 6.45) is 2.74. The molecule has 0 aliphatic heterocycles. The van der Waals surface area contributed by atoms with Gasteiger partial charge < -0.3 is 41.2 Å². The van der Waals surface area contributed by atoms with Crippen LogP contribution >= 0.6 is 23.5 Å². The van der Waals surface area contributed by atoms with Crippen LogP contribution in [-0.2, 0) is 42.9 Å². The molecule has 0 bridgehead atoms. The fourth-order valence-electron chi connectivity index (χ4n) is 9.62. The maximum absolute atomic E-state index is 14.9. The summed E-state index contributed by atoms with van der Waals surface area (Å²) in [5.74, 6) is -3.08. The zero-order chi connectivity index (χ0) is 59.7. The molecule has 4 atom stereocenters. The number of carbonyl (C=O) groups excluding carboxylic acids is 6. The molecule has 6 aromatic carbocycles. The van der Waals surface area contributed by atoms with Gasteiger partial charge in [-0.2, -0.15) is 0 Å². The van der Waals surface area contributed by atoms with Crippen LogP contribution < -0.4 is 26.6 Å². The maximum atomic E-state index is 14.9. The predicted molar refractivity (Wildman–Crippen MR) is 331 cm³/mol. The Labute approximate surface area is 497 Å². The molecule has 0 saturated carbocycles. The minimum absolute atomic E-state index is 0.0315. The number of hydrogen-bond acceptors (Lipinski definition) is 11. The smallest absolute Gasteiger partial charge is 0.407 e. The zero-order valence-electron chi connectivity index (χ0n) is 48.3. The van der Waals surface area contributed by atoms with E-state index in [0.29, 0.717) is 25.0 Å². The number of benzene rings is 6. The molecule has 6 N–H and O–H groups in total. The topological polar surface area (TPSA) is 201 Å². The Kier molecular flexibility index (Phi) is 25.1. The number of allylic oxidation sites excluding steroid dienone is 1. The molecule has 6 rings (SSSR count). The molecule has 0 aromatic heterocycles. The molecule has 83 heavy (non-hydrogen) atoms. The van der Waals surface area contributed by atoms with Crippen molar-refractivity contribution in [3.63, 3.8) is 0 Å². The van der Waals surface area contributed by atoms with Crippen molar-refractivity contribution in [2.45, 2.75) is 106 Å². The quantitative estimate of drug-likeness (QED) is 0.0109. The van der Waals surface area contributed by atoms with Gasteiger partial charge in [-0.15, -0.1) is 23.5 Å². The highest BCUT2D eigenvalue weighted by atomic mass is 32.2. The van der Waals surface area contributed by atoms with Gasteiger partial charge in [-0.25, -0.2) is 4.79 Å². The van der Waals surface area contributed by atoms with Gasteiger partial charge in [-0.1, -0.05) is 208 Å². The van der Waals surface area contributed by atoms with Gasteiger partial charge in [0.1, 0.15) is 30.3 Å². The minimum atomic E-state index is -1.30. The normalized spacial score (nSPS) is 13.2. The van der Waals surface area contributed by atoms with E-state index in [9.17, 15) is 33.9 Å². The second-order valence-corrected chi connectivity index (χ2v) is 23.9. The van der Waals surface area contributed by atoms with E-state index in [-0.39, 0.29) is 25.1 Å². The van der Waals surface area contributed by atoms with Gasteiger partial charge in [0.15, 0.2) is 0 Å². The van der Waals surface area contributed by atoms with Crippen molar-refractivity contribution in [1.29, 1.82) is 0 Å². The van der Waals surface area contributed by atoms with Crippen LogP contribution in [0.25, 0.3) is 0 Å². The lowest BCUT2D eigenvalue weighted by molar-refractivity contribution is -0.141. The molecule has 0 heterocycles. The molecule has 14 nitrogen and oxygen atoms in total. The number of alkyl carbamates (subject to hydrolysis) is 1. The lowest BCUT2D eigenvalue weighted by atomic mass is 9.84. The first-order valence-corrected chi connectivity index (χ1v) is 30.1. The number of unbranched alkanes of at least 4 members (excludes halogenated alkanes) is 1. The molecular formula is C67H79N5O9S2. The fourth-order valence-corrected chi connectivity index (χ4v) is 12.7. The molecule has 5 amide bonds. The summed E-state index contributed by atoms with van der Waals surface area (Å²) in [7, 11) is 1.20. The van der Waals surface area contributed by atoms with Gasteiger partial charge in [0.05, 0.1) is 29.1 Å². The summed E-state index contributed by atoms with van der Waals surface area (Å²) >= 11 is 3.21. The highest BCUT2D eigenvalue weighted by Crippen LogP contribution is 2.50. The Morgan fingerprint density at radius 2 is 0.988 bits per heavy atom. The van der Waals surface area contributed by atoms with E-state index in [2.05, 4.69) is 63.0 Å². The lowest BCUT2D eigenvalue weighted by Crippen LogP contribution is -2.59. The van der Waals surface area contributed by atoms with Crippen LogP contribution in [-0.4, -0.2) is 102 Å². The number of carbonyl (C=O) groups is 6. The molecule has 6 aromatic rings. The number of hydrogen-bond donors (Lipinski definition) is 6. The summed E-state index contributed by atoms with van der Waals surface area (Å²) < 4.78 is 8.68. The highest BCUT2D eigenvalue weighted by Gasteiger charge is 2.40. The largest absolute Gasteiger partial charge is 0.468 e. The zero-order valence-corrected chi connectivity index (χ0v) is 49.9. The summed E-state index contributed by atoms with van der Waals surface area (Å²) in [6, 6.07) is 57.0. The first-order chi connectivity index (χ1) is 40.0. The van der Waals surface area contributed by atoms with E-state index in [1.165, 1.54) is 18.9 Å². The maximum Gasteiger partial charge on any atom is 0.407 e. The van der Waals surface area contributed by atoms with E-state index in [1.807, 2.05) is 152 Å². The van der Waals surface area contributed by atoms with Crippen LogP contribution in [0, 0.1) is 5.92 Å². The van der Waals surface area contributed by atoms with E-state index in [0.717, 1.165) is 33.4 Å². The van der Waals surface area contributed by atoms with Gasteiger partial charge in [-0.3, -0.25) is 24.0 Å². The van der Waals surface area contributed by atoms with E-state index in [1.54, 1.807) is 52.5 Å². The molecule has 0 fully saturated rings. The Bertz CT molecular complexity index is 2810. The molecule has 0 spiro atoms. The highest BCUT2D eigenvalue weighted by molar-refractivity contribution is 8.00. The van der Waals surface area contributed by atoms with Crippen molar-refractivity contribution in [3.05, 3.63) is 228 Å². The minimum Gasteiger partial charge on any atom is -0.468 e. The third kappa shape index (κ3) is 18.9. The third-order valence-corrected chi connectivity index (χ3v) is 16.9. The molecule has 0 radical (unpaired) electrons. The van der Waals surface area contributed by atoms with E-state index < -0.39 is 87.5 Å². The van der Waals surface area contributed by atoms with Crippen molar-refractivity contribution in [2.75, 3.05) is 31.7 Å². The van der Waals surface area contributed by atoms with E-state index in [4.69, 9.17) is 9.47 Å². The number of ether oxygens (including phenoxy) is 2. The van der Waals surface area contributed by atoms with Crippen molar-refractivity contribution in [3.8, 4) is 0 Å². The average molecular weight is 1160 g/mol. The number of aliphatic hydroxyl groups excluding tert-OH is 1. The first kappa shape index (κ1) is 64.5.